The lowest BCUT2D eigenvalue weighted by molar-refractivity contribution is -0.140. The SMILES string of the molecule is O=C(O)N1CCOC(CON2C(=O)c3ccccc3C2=O)C1. The van der Waals surface area contributed by atoms with Crippen molar-refractivity contribution < 1.29 is 29.1 Å². The largest absolute Gasteiger partial charge is 0.465 e. The summed E-state index contributed by atoms with van der Waals surface area (Å²) in [6.07, 6.45) is -1.55. The highest BCUT2D eigenvalue weighted by Gasteiger charge is 2.37. The highest BCUT2D eigenvalue weighted by Crippen LogP contribution is 2.22. The van der Waals surface area contributed by atoms with E-state index in [-0.39, 0.29) is 19.8 Å². The maximum absolute atomic E-state index is 12.1. The smallest absolute Gasteiger partial charge is 0.407 e. The molecule has 116 valence electrons. The Morgan fingerprint density at radius 1 is 1.27 bits per heavy atom. The molecule has 1 atom stereocenters. The monoisotopic (exact) mass is 306 g/mol. The van der Waals surface area contributed by atoms with Crippen LogP contribution >= 0.6 is 0 Å². The van der Waals surface area contributed by atoms with Crippen molar-refractivity contribution in [1.29, 1.82) is 0 Å². The van der Waals surface area contributed by atoms with Gasteiger partial charge >= 0.3 is 6.09 Å². The zero-order valence-electron chi connectivity index (χ0n) is 11.6. The molecule has 22 heavy (non-hydrogen) atoms. The van der Waals surface area contributed by atoms with Crippen LogP contribution in [0.4, 0.5) is 4.79 Å². The number of carboxylic acid groups (broad SMARTS) is 1. The summed E-state index contributed by atoms with van der Waals surface area (Å²) in [7, 11) is 0. The second-order valence-electron chi connectivity index (χ2n) is 4.97. The van der Waals surface area contributed by atoms with E-state index in [1.807, 2.05) is 0 Å². The van der Waals surface area contributed by atoms with Gasteiger partial charge in [-0.25, -0.2) is 4.79 Å². The molecule has 1 unspecified atom stereocenters. The average Bonchev–Trinajstić information content (AvgIpc) is 2.78. The van der Waals surface area contributed by atoms with E-state index in [0.29, 0.717) is 22.7 Å². The van der Waals surface area contributed by atoms with E-state index in [9.17, 15) is 14.4 Å². The molecule has 3 rings (SSSR count). The fraction of sp³-hybridized carbons (Fsp3) is 0.357. The summed E-state index contributed by atoms with van der Waals surface area (Å²) in [4.78, 5) is 41.6. The van der Waals surface area contributed by atoms with Crippen LogP contribution in [-0.4, -0.2) is 65.4 Å². The molecular formula is C14H14N2O6. The minimum Gasteiger partial charge on any atom is -0.465 e. The third-order valence-electron chi connectivity index (χ3n) is 3.56. The molecular weight excluding hydrogens is 292 g/mol. The normalized spacial score (nSPS) is 21.2. The number of imide groups is 1. The Hall–Kier alpha value is -2.45. The highest BCUT2D eigenvalue weighted by atomic mass is 16.7. The van der Waals surface area contributed by atoms with Crippen molar-refractivity contribution in [1.82, 2.24) is 9.96 Å². The molecule has 2 heterocycles. The molecule has 0 spiro atoms. The number of ether oxygens (including phenoxy) is 1. The minimum atomic E-state index is -1.03. The summed E-state index contributed by atoms with van der Waals surface area (Å²) in [6, 6.07) is 6.45. The van der Waals surface area contributed by atoms with E-state index in [2.05, 4.69) is 0 Å². The van der Waals surface area contributed by atoms with Gasteiger partial charge < -0.3 is 14.7 Å². The van der Waals surface area contributed by atoms with E-state index >= 15 is 0 Å². The van der Waals surface area contributed by atoms with Crippen molar-refractivity contribution >= 4 is 17.9 Å². The van der Waals surface area contributed by atoms with Crippen molar-refractivity contribution in [3.8, 4) is 0 Å². The number of amides is 3. The van der Waals surface area contributed by atoms with Crippen molar-refractivity contribution in [2.24, 2.45) is 0 Å². The molecule has 1 saturated heterocycles. The average molecular weight is 306 g/mol. The molecule has 2 aliphatic heterocycles. The summed E-state index contributed by atoms with van der Waals surface area (Å²) in [5.41, 5.74) is 0.591. The number of hydrogen-bond acceptors (Lipinski definition) is 5. The summed E-state index contributed by atoms with van der Waals surface area (Å²) >= 11 is 0. The van der Waals surface area contributed by atoms with Gasteiger partial charge in [0.05, 0.1) is 24.3 Å². The highest BCUT2D eigenvalue weighted by molar-refractivity contribution is 6.20. The Bertz CT molecular complexity index is 597. The zero-order chi connectivity index (χ0) is 15.7. The second-order valence-corrected chi connectivity index (χ2v) is 4.97. The van der Waals surface area contributed by atoms with Crippen LogP contribution in [0.2, 0.25) is 0 Å². The number of hydroxylamine groups is 2. The van der Waals surface area contributed by atoms with Crippen LogP contribution in [0, 0.1) is 0 Å². The van der Waals surface area contributed by atoms with E-state index in [0.717, 1.165) is 0 Å². The predicted octanol–water partition coefficient (Wildman–Crippen LogP) is 0.593. The standard InChI is InChI=1S/C14H14N2O6/c17-12-10-3-1-2-4-11(10)13(18)16(12)22-8-9-7-15(14(19)20)5-6-21-9/h1-4,9H,5-8H2,(H,19,20). The fourth-order valence-electron chi connectivity index (χ4n) is 2.44. The fourth-order valence-corrected chi connectivity index (χ4v) is 2.44. The predicted molar refractivity (Wildman–Crippen MR) is 72.2 cm³/mol. The molecule has 2 aliphatic rings. The van der Waals surface area contributed by atoms with E-state index in [4.69, 9.17) is 14.7 Å². The first-order valence-corrected chi connectivity index (χ1v) is 6.78. The number of rotatable bonds is 3. The molecule has 8 heteroatoms. The molecule has 1 N–H and O–H groups in total. The maximum Gasteiger partial charge on any atom is 0.407 e. The maximum atomic E-state index is 12.1. The Labute approximate surface area is 125 Å². The van der Waals surface area contributed by atoms with Gasteiger partial charge in [-0.05, 0) is 12.1 Å². The number of nitrogens with zero attached hydrogens (tertiary/aromatic N) is 2. The van der Waals surface area contributed by atoms with E-state index < -0.39 is 24.0 Å². The number of fused-ring (bicyclic) bond motifs is 1. The third-order valence-corrected chi connectivity index (χ3v) is 3.56. The number of benzene rings is 1. The van der Waals surface area contributed by atoms with Crippen molar-refractivity contribution in [3.63, 3.8) is 0 Å². The van der Waals surface area contributed by atoms with Gasteiger partial charge in [-0.1, -0.05) is 12.1 Å². The molecule has 0 bridgehead atoms. The van der Waals surface area contributed by atoms with Crippen LogP contribution in [0.5, 0.6) is 0 Å². The second kappa shape index (κ2) is 5.74. The number of carbonyl (C=O) groups is 3. The van der Waals surface area contributed by atoms with Crippen molar-refractivity contribution in [3.05, 3.63) is 35.4 Å². The Balaban J connectivity index is 1.62. The first-order chi connectivity index (χ1) is 10.6. The lowest BCUT2D eigenvalue weighted by Gasteiger charge is -2.31. The summed E-state index contributed by atoms with van der Waals surface area (Å²) in [5, 5.41) is 9.65. The quantitative estimate of drug-likeness (QED) is 0.821. The van der Waals surface area contributed by atoms with Gasteiger partial charge in [0.2, 0.25) is 0 Å². The minimum absolute atomic E-state index is 0.0742. The van der Waals surface area contributed by atoms with Gasteiger partial charge in [0.1, 0.15) is 12.7 Å². The van der Waals surface area contributed by atoms with Crippen LogP contribution in [0.3, 0.4) is 0 Å². The van der Waals surface area contributed by atoms with E-state index in [1.165, 1.54) is 4.90 Å². The van der Waals surface area contributed by atoms with Gasteiger partial charge in [-0.15, -0.1) is 5.06 Å². The van der Waals surface area contributed by atoms with Crippen LogP contribution in [0.15, 0.2) is 24.3 Å². The summed E-state index contributed by atoms with van der Waals surface area (Å²) in [6.45, 7) is 0.606. The number of hydrogen-bond donors (Lipinski definition) is 1. The third kappa shape index (κ3) is 2.53. The van der Waals surface area contributed by atoms with Gasteiger partial charge in [-0.3, -0.25) is 14.4 Å². The topological polar surface area (TPSA) is 96.4 Å². The molecule has 0 radical (unpaired) electrons. The van der Waals surface area contributed by atoms with Gasteiger partial charge in [-0.2, -0.15) is 0 Å². The van der Waals surface area contributed by atoms with Crippen LogP contribution in [0.25, 0.3) is 0 Å². The first kappa shape index (κ1) is 14.5. The molecule has 1 fully saturated rings. The van der Waals surface area contributed by atoms with E-state index in [1.54, 1.807) is 24.3 Å². The van der Waals surface area contributed by atoms with Gasteiger partial charge in [0, 0.05) is 6.54 Å². The molecule has 1 aromatic carbocycles. The number of morpholine rings is 1. The molecule has 0 aliphatic carbocycles. The Morgan fingerprint density at radius 3 is 2.50 bits per heavy atom. The Morgan fingerprint density at radius 2 is 1.91 bits per heavy atom. The molecule has 0 saturated carbocycles. The molecule has 3 amide bonds. The Kier molecular flexibility index (Phi) is 3.78. The summed E-state index contributed by atoms with van der Waals surface area (Å²) in [5.74, 6) is -1.04. The van der Waals surface area contributed by atoms with Crippen LogP contribution < -0.4 is 0 Å². The van der Waals surface area contributed by atoms with Gasteiger partial charge in [0.15, 0.2) is 0 Å². The van der Waals surface area contributed by atoms with Crippen LogP contribution in [0.1, 0.15) is 20.7 Å². The van der Waals surface area contributed by atoms with Gasteiger partial charge in [0.25, 0.3) is 11.8 Å². The molecule has 1 aromatic rings. The van der Waals surface area contributed by atoms with Crippen LogP contribution in [-0.2, 0) is 9.57 Å². The van der Waals surface area contributed by atoms with Crippen molar-refractivity contribution in [2.45, 2.75) is 6.10 Å². The first-order valence-electron chi connectivity index (χ1n) is 6.78. The van der Waals surface area contributed by atoms with Crippen molar-refractivity contribution in [2.75, 3.05) is 26.3 Å². The zero-order valence-corrected chi connectivity index (χ0v) is 11.6. The molecule has 0 aromatic heterocycles. The number of carbonyl (C=O) groups excluding carboxylic acids is 2. The molecule has 8 nitrogen and oxygen atoms in total. The lowest BCUT2D eigenvalue weighted by atomic mass is 10.1. The lowest BCUT2D eigenvalue weighted by Crippen LogP contribution is -2.47. The summed E-state index contributed by atoms with van der Waals surface area (Å²) < 4.78 is 5.39.